The van der Waals surface area contributed by atoms with E-state index in [1.807, 2.05) is 19.1 Å². The maximum atomic E-state index is 12.6. The first-order chi connectivity index (χ1) is 14.5. The monoisotopic (exact) mass is 443 g/mol. The molecule has 2 aliphatic rings. The zero-order chi connectivity index (χ0) is 22.8. The molecule has 10 heteroatoms. The number of carbonyl (C=O) groups excluding carboxylic acids is 1. The van der Waals surface area contributed by atoms with Crippen LogP contribution in [0.25, 0.3) is 0 Å². The molecule has 1 N–H and O–H groups in total. The van der Waals surface area contributed by atoms with Crippen LogP contribution in [0.5, 0.6) is 0 Å². The number of rotatable bonds is 5. The number of aliphatic carboxylic acids is 1. The van der Waals surface area contributed by atoms with Crippen molar-refractivity contribution >= 4 is 17.7 Å². The molecule has 31 heavy (non-hydrogen) atoms. The van der Waals surface area contributed by atoms with Crippen LogP contribution in [0.2, 0.25) is 0 Å². The molecule has 2 atom stereocenters. The van der Waals surface area contributed by atoms with Gasteiger partial charge in [0, 0.05) is 51.5 Å². The van der Waals surface area contributed by atoms with Gasteiger partial charge >= 0.3 is 18.2 Å². The Bertz CT molecular complexity index is 810. The van der Waals surface area contributed by atoms with Crippen LogP contribution in [0.15, 0.2) is 18.2 Å². The van der Waals surface area contributed by atoms with E-state index >= 15 is 0 Å². The molecule has 0 radical (unpaired) electrons. The molecule has 1 aromatic rings. The third kappa shape index (κ3) is 5.81. The Morgan fingerprint density at radius 2 is 1.87 bits per heavy atom. The topological polar surface area (TPSA) is 73.3 Å². The SMILES string of the molecule is Cc1ccc(CN2CCN(C(=O)OC(C)C(F)(F)F)CC2)c(N2CCC(C(=O)O)C2)c1. The number of carboxylic acid groups (broad SMARTS) is 1. The molecule has 1 aromatic carbocycles. The third-order valence-electron chi connectivity index (χ3n) is 5.88. The van der Waals surface area contributed by atoms with E-state index in [1.165, 1.54) is 4.90 Å². The van der Waals surface area contributed by atoms with Crippen LogP contribution in [0.3, 0.4) is 0 Å². The number of nitrogens with zero attached hydrogens (tertiary/aromatic N) is 3. The second-order valence-electron chi connectivity index (χ2n) is 8.23. The molecule has 172 valence electrons. The molecule has 2 fully saturated rings. The minimum Gasteiger partial charge on any atom is -0.481 e. The number of piperazine rings is 1. The van der Waals surface area contributed by atoms with Crippen molar-refractivity contribution in [2.24, 2.45) is 5.92 Å². The molecular formula is C21H28F3N3O4. The first kappa shape index (κ1) is 23.2. The van der Waals surface area contributed by atoms with E-state index in [9.17, 15) is 27.9 Å². The van der Waals surface area contributed by atoms with Gasteiger partial charge < -0.3 is 19.6 Å². The molecule has 0 saturated carbocycles. The molecular weight excluding hydrogens is 415 g/mol. The van der Waals surface area contributed by atoms with E-state index in [-0.39, 0.29) is 19.0 Å². The van der Waals surface area contributed by atoms with Crippen molar-refractivity contribution in [3.05, 3.63) is 29.3 Å². The van der Waals surface area contributed by atoms with E-state index in [0.717, 1.165) is 23.7 Å². The summed E-state index contributed by atoms with van der Waals surface area (Å²) in [5.74, 6) is -1.15. The summed E-state index contributed by atoms with van der Waals surface area (Å²) in [6.45, 7) is 6.19. The van der Waals surface area contributed by atoms with Crippen LogP contribution in [-0.2, 0) is 16.1 Å². The summed E-state index contributed by atoms with van der Waals surface area (Å²) >= 11 is 0. The molecule has 3 rings (SSSR count). The molecule has 0 bridgehead atoms. The lowest BCUT2D eigenvalue weighted by molar-refractivity contribution is -0.200. The Balaban J connectivity index is 1.58. The summed E-state index contributed by atoms with van der Waals surface area (Å²) in [6.07, 6.45) is -7.05. The summed E-state index contributed by atoms with van der Waals surface area (Å²) < 4.78 is 42.3. The molecule has 2 unspecified atom stereocenters. The Morgan fingerprint density at radius 3 is 2.45 bits per heavy atom. The summed E-state index contributed by atoms with van der Waals surface area (Å²) in [5.41, 5.74) is 3.17. The number of aryl methyl sites for hydroxylation is 1. The zero-order valence-corrected chi connectivity index (χ0v) is 17.7. The maximum absolute atomic E-state index is 12.6. The summed E-state index contributed by atoms with van der Waals surface area (Å²) in [7, 11) is 0. The predicted molar refractivity (Wildman–Crippen MR) is 108 cm³/mol. The van der Waals surface area contributed by atoms with E-state index < -0.39 is 24.3 Å². The van der Waals surface area contributed by atoms with Crippen LogP contribution in [0.1, 0.15) is 24.5 Å². The van der Waals surface area contributed by atoms with Gasteiger partial charge in [-0.3, -0.25) is 9.69 Å². The number of hydrogen-bond acceptors (Lipinski definition) is 5. The lowest BCUT2D eigenvalue weighted by atomic mass is 10.1. The summed E-state index contributed by atoms with van der Waals surface area (Å²) in [6, 6.07) is 6.10. The van der Waals surface area contributed by atoms with Crippen molar-refractivity contribution in [3.63, 3.8) is 0 Å². The fourth-order valence-corrected chi connectivity index (χ4v) is 3.90. The van der Waals surface area contributed by atoms with Crippen molar-refractivity contribution in [2.45, 2.75) is 39.1 Å². The number of ether oxygens (including phenoxy) is 1. The largest absolute Gasteiger partial charge is 0.481 e. The van der Waals surface area contributed by atoms with Crippen LogP contribution < -0.4 is 4.90 Å². The summed E-state index contributed by atoms with van der Waals surface area (Å²) in [5, 5.41) is 9.29. The molecule has 0 aliphatic carbocycles. The molecule has 2 saturated heterocycles. The van der Waals surface area contributed by atoms with Gasteiger partial charge in [0.25, 0.3) is 0 Å². The average molecular weight is 443 g/mol. The van der Waals surface area contributed by atoms with Gasteiger partial charge in [-0.15, -0.1) is 0 Å². The molecule has 0 spiro atoms. The number of hydrogen-bond donors (Lipinski definition) is 1. The Morgan fingerprint density at radius 1 is 1.19 bits per heavy atom. The standard InChI is InChI=1S/C21H28F3N3O4/c1-14-3-4-16(18(11-14)27-6-5-17(13-27)19(28)29)12-25-7-9-26(10-8-25)20(30)31-15(2)21(22,23)24/h3-4,11,15,17H,5-10,12-13H2,1-2H3,(H,28,29). The summed E-state index contributed by atoms with van der Waals surface area (Å²) in [4.78, 5) is 28.9. The van der Waals surface area contributed by atoms with Crippen molar-refractivity contribution in [3.8, 4) is 0 Å². The number of carbonyl (C=O) groups is 2. The second-order valence-corrected chi connectivity index (χ2v) is 8.23. The quantitative estimate of drug-likeness (QED) is 0.754. The Kier molecular flexibility index (Phi) is 6.98. The highest BCUT2D eigenvalue weighted by Crippen LogP contribution is 2.30. The minimum absolute atomic E-state index is 0.287. The van der Waals surface area contributed by atoms with Gasteiger partial charge in [-0.2, -0.15) is 13.2 Å². The molecule has 1 amide bonds. The highest BCUT2D eigenvalue weighted by molar-refractivity contribution is 5.72. The van der Waals surface area contributed by atoms with E-state index in [2.05, 4.69) is 20.6 Å². The van der Waals surface area contributed by atoms with Gasteiger partial charge in [0.05, 0.1) is 5.92 Å². The smallest absolute Gasteiger partial charge is 0.425 e. The number of alkyl halides is 3. The van der Waals surface area contributed by atoms with Crippen LogP contribution >= 0.6 is 0 Å². The second kappa shape index (κ2) is 9.33. The van der Waals surface area contributed by atoms with Crippen LogP contribution in [0.4, 0.5) is 23.7 Å². The van der Waals surface area contributed by atoms with Crippen molar-refractivity contribution < 1.29 is 32.6 Å². The van der Waals surface area contributed by atoms with Crippen LogP contribution in [-0.4, -0.2) is 78.5 Å². The van der Waals surface area contributed by atoms with Gasteiger partial charge in [0.15, 0.2) is 6.10 Å². The van der Waals surface area contributed by atoms with Crippen molar-refractivity contribution in [1.82, 2.24) is 9.80 Å². The lowest BCUT2D eigenvalue weighted by Gasteiger charge is -2.35. The first-order valence-corrected chi connectivity index (χ1v) is 10.4. The van der Waals surface area contributed by atoms with Gasteiger partial charge in [-0.1, -0.05) is 12.1 Å². The highest BCUT2D eigenvalue weighted by Gasteiger charge is 2.40. The zero-order valence-electron chi connectivity index (χ0n) is 17.7. The van der Waals surface area contributed by atoms with Gasteiger partial charge in [0.1, 0.15) is 0 Å². The number of anilines is 1. The number of halogens is 3. The van der Waals surface area contributed by atoms with Gasteiger partial charge in [-0.05, 0) is 37.5 Å². The van der Waals surface area contributed by atoms with Crippen LogP contribution in [0, 0.1) is 12.8 Å². The number of amides is 1. The fraction of sp³-hybridized carbons (Fsp3) is 0.619. The van der Waals surface area contributed by atoms with Gasteiger partial charge in [-0.25, -0.2) is 4.79 Å². The molecule has 0 aromatic heterocycles. The Hall–Kier alpha value is -2.49. The first-order valence-electron chi connectivity index (χ1n) is 10.4. The predicted octanol–water partition coefficient (Wildman–Crippen LogP) is 3.11. The Labute approximate surface area is 179 Å². The fourth-order valence-electron chi connectivity index (χ4n) is 3.90. The maximum Gasteiger partial charge on any atom is 0.425 e. The number of carboxylic acids is 1. The molecule has 2 heterocycles. The van der Waals surface area contributed by atoms with Gasteiger partial charge in [0.2, 0.25) is 0 Å². The van der Waals surface area contributed by atoms with Crippen molar-refractivity contribution in [1.29, 1.82) is 0 Å². The average Bonchev–Trinajstić information content (AvgIpc) is 3.19. The molecule has 7 nitrogen and oxygen atoms in total. The number of benzene rings is 1. The van der Waals surface area contributed by atoms with E-state index in [0.29, 0.717) is 39.1 Å². The lowest BCUT2D eigenvalue weighted by Crippen LogP contribution is -2.49. The van der Waals surface area contributed by atoms with Crippen molar-refractivity contribution in [2.75, 3.05) is 44.2 Å². The molecule has 2 aliphatic heterocycles. The highest BCUT2D eigenvalue weighted by atomic mass is 19.4. The third-order valence-corrected chi connectivity index (χ3v) is 5.88. The van der Waals surface area contributed by atoms with E-state index in [4.69, 9.17) is 0 Å². The van der Waals surface area contributed by atoms with E-state index in [1.54, 1.807) is 0 Å². The normalized spacial score (nSPS) is 21.3. The minimum atomic E-state index is -4.57.